The molecule has 90 valence electrons. The van der Waals surface area contributed by atoms with Crippen LogP contribution in [0.25, 0.3) is 0 Å². The van der Waals surface area contributed by atoms with Gasteiger partial charge in [-0.1, -0.05) is 0 Å². The highest BCUT2D eigenvalue weighted by molar-refractivity contribution is 5.93. The lowest BCUT2D eigenvalue weighted by atomic mass is 10.1. The second-order valence-corrected chi connectivity index (χ2v) is 4.31. The number of hydrogen-bond acceptors (Lipinski definition) is 3. The van der Waals surface area contributed by atoms with E-state index >= 15 is 0 Å². The molecule has 1 N–H and O–H groups in total. The smallest absolute Gasteiger partial charge is 0.229 e. The van der Waals surface area contributed by atoms with Gasteiger partial charge in [0.1, 0.15) is 6.29 Å². The standard InChI is InChI=1S/C13H15NO3/c1-9-6-11(8-17-9)13(16)14-12-4-2-10(7-15)3-5-12/h2-5,7,9,11H,6,8H2,1H3,(H,14,16). The Labute approximate surface area is 100.0 Å². The number of ether oxygens (including phenoxy) is 1. The van der Waals surface area contributed by atoms with Crippen LogP contribution in [0.2, 0.25) is 0 Å². The molecule has 4 heteroatoms. The first kappa shape index (κ1) is 11.8. The second kappa shape index (κ2) is 5.10. The molecule has 1 aromatic carbocycles. The summed E-state index contributed by atoms with van der Waals surface area (Å²) in [6.45, 7) is 2.45. The molecule has 2 atom stereocenters. The van der Waals surface area contributed by atoms with Crippen LogP contribution in [0.4, 0.5) is 5.69 Å². The third kappa shape index (κ3) is 2.91. The largest absolute Gasteiger partial charge is 0.378 e. The van der Waals surface area contributed by atoms with Crippen LogP contribution in [0, 0.1) is 5.92 Å². The Morgan fingerprint density at radius 1 is 1.41 bits per heavy atom. The predicted octanol–water partition coefficient (Wildman–Crippen LogP) is 1.86. The zero-order valence-corrected chi connectivity index (χ0v) is 9.68. The van der Waals surface area contributed by atoms with Gasteiger partial charge in [0.05, 0.1) is 18.6 Å². The van der Waals surface area contributed by atoms with E-state index in [0.29, 0.717) is 17.9 Å². The maximum atomic E-state index is 11.9. The predicted molar refractivity (Wildman–Crippen MR) is 64.0 cm³/mol. The first-order chi connectivity index (χ1) is 8.19. The average Bonchev–Trinajstić information content (AvgIpc) is 2.77. The molecule has 2 rings (SSSR count). The van der Waals surface area contributed by atoms with Crippen molar-refractivity contribution < 1.29 is 14.3 Å². The molecule has 0 aromatic heterocycles. The van der Waals surface area contributed by atoms with Crippen LogP contribution in [-0.4, -0.2) is 24.9 Å². The van der Waals surface area contributed by atoms with Gasteiger partial charge >= 0.3 is 0 Å². The van der Waals surface area contributed by atoms with Crippen molar-refractivity contribution in [3.63, 3.8) is 0 Å². The van der Waals surface area contributed by atoms with Gasteiger partial charge in [-0.25, -0.2) is 0 Å². The fraction of sp³-hybridized carbons (Fsp3) is 0.385. The van der Waals surface area contributed by atoms with Crippen LogP contribution in [0.1, 0.15) is 23.7 Å². The molecule has 0 saturated carbocycles. The number of anilines is 1. The molecule has 1 saturated heterocycles. The van der Waals surface area contributed by atoms with E-state index in [0.717, 1.165) is 12.7 Å². The van der Waals surface area contributed by atoms with Crippen LogP contribution in [0.15, 0.2) is 24.3 Å². The fourth-order valence-electron chi connectivity index (χ4n) is 1.89. The molecule has 1 aliphatic heterocycles. The minimum absolute atomic E-state index is 0.0202. The normalized spacial score (nSPS) is 23.4. The Morgan fingerprint density at radius 3 is 2.65 bits per heavy atom. The summed E-state index contributed by atoms with van der Waals surface area (Å²) in [5.41, 5.74) is 1.31. The molecule has 1 aromatic rings. The van der Waals surface area contributed by atoms with Gasteiger partial charge in [-0.05, 0) is 37.6 Å². The zero-order chi connectivity index (χ0) is 12.3. The molecule has 0 bridgehead atoms. The maximum Gasteiger partial charge on any atom is 0.229 e. The Hall–Kier alpha value is -1.68. The van der Waals surface area contributed by atoms with Gasteiger partial charge in [0.15, 0.2) is 0 Å². The zero-order valence-electron chi connectivity index (χ0n) is 9.68. The van der Waals surface area contributed by atoms with Crippen molar-refractivity contribution in [1.82, 2.24) is 0 Å². The van der Waals surface area contributed by atoms with Gasteiger partial charge in [-0.3, -0.25) is 9.59 Å². The number of amides is 1. The summed E-state index contributed by atoms with van der Waals surface area (Å²) in [4.78, 5) is 22.3. The molecule has 2 unspecified atom stereocenters. The van der Waals surface area contributed by atoms with E-state index in [1.54, 1.807) is 24.3 Å². The first-order valence-corrected chi connectivity index (χ1v) is 5.67. The molecule has 4 nitrogen and oxygen atoms in total. The highest BCUT2D eigenvalue weighted by Gasteiger charge is 2.28. The number of hydrogen-bond donors (Lipinski definition) is 1. The highest BCUT2D eigenvalue weighted by Crippen LogP contribution is 2.20. The van der Waals surface area contributed by atoms with Crippen LogP contribution >= 0.6 is 0 Å². The number of rotatable bonds is 3. The van der Waals surface area contributed by atoms with Crippen molar-refractivity contribution in [2.24, 2.45) is 5.92 Å². The Balaban J connectivity index is 1.95. The van der Waals surface area contributed by atoms with Crippen molar-refractivity contribution in [2.45, 2.75) is 19.4 Å². The van der Waals surface area contributed by atoms with Gasteiger partial charge in [-0.15, -0.1) is 0 Å². The van der Waals surface area contributed by atoms with E-state index in [1.165, 1.54) is 0 Å². The summed E-state index contributed by atoms with van der Waals surface area (Å²) >= 11 is 0. The minimum Gasteiger partial charge on any atom is -0.378 e. The second-order valence-electron chi connectivity index (χ2n) is 4.31. The molecule has 0 radical (unpaired) electrons. The van der Waals surface area contributed by atoms with E-state index < -0.39 is 0 Å². The summed E-state index contributed by atoms with van der Waals surface area (Å²) in [5, 5.41) is 2.82. The van der Waals surface area contributed by atoms with Crippen LogP contribution in [0.3, 0.4) is 0 Å². The van der Waals surface area contributed by atoms with E-state index in [2.05, 4.69) is 5.32 Å². The van der Waals surface area contributed by atoms with Gasteiger partial charge in [0.25, 0.3) is 0 Å². The van der Waals surface area contributed by atoms with Crippen LogP contribution < -0.4 is 5.32 Å². The monoisotopic (exact) mass is 233 g/mol. The molecule has 1 aliphatic rings. The van der Waals surface area contributed by atoms with Crippen LogP contribution in [0.5, 0.6) is 0 Å². The SMILES string of the molecule is CC1CC(C(=O)Nc2ccc(C=O)cc2)CO1. The molecular weight excluding hydrogens is 218 g/mol. The number of aldehydes is 1. The molecule has 0 spiro atoms. The van der Waals surface area contributed by atoms with Crippen LogP contribution in [-0.2, 0) is 9.53 Å². The molecular formula is C13H15NO3. The number of carbonyl (C=O) groups excluding carboxylic acids is 2. The lowest BCUT2D eigenvalue weighted by Crippen LogP contribution is -2.22. The molecule has 1 amide bonds. The van der Waals surface area contributed by atoms with Gasteiger partial charge in [-0.2, -0.15) is 0 Å². The number of carbonyl (C=O) groups is 2. The minimum atomic E-state index is -0.0734. The topological polar surface area (TPSA) is 55.4 Å². The summed E-state index contributed by atoms with van der Waals surface area (Å²) in [6.07, 6.45) is 1.69. The number of benzene rings is 1. The molecule has 0 aliphatic carbocycles. The van der Waals surface area contributed by atoms with Crippen molar-refractivity contribution in [3.05, 3.63) is 29.8 Å². The fourth-order valence-corrected chi connectivity index (χ4v) is 1.89. The summed E-state index contributed by atoms with van der Waals surface area (Å²) < 4.78 is 5.35. The van der Waals surface area contributed by atoms with E-state index in [1.807, 2.05) is 6.92 Å². The molecule has 1 heterocycles. The maximum absolute atomic E-state index is 11.9. The van der Waals surface area contributed by atoms with Gasteiger partial charge in [0, 0.05) is 11.3 Å². The lowest BCUT2D eigenvalue weighted by Gasteiger charge is -2.09. The molecule has 17 heavy (non-hydrogen) atoms. The van der Waals surface area contributed by atoms with Crippen molar-refractivity contribution >= 4 is 17.9 Å². The highest BCUT2D eigenvalue weighted by atomic mass is 16.5. The van der Waals surface area contributed by atoms with E-state index in [9.17, 15) is 9.59 Å². The Morgan fingerprint density at radius 2 is 2.12 bits per heavy atom. The van der Waals surface area contributed by atoms with Gasteiger partial charge in [0.2, 0.25) is 5.91 Å². The summed E-state index contributed by atoms with van der Waals surface area (Å²) in [5.74, 6) is -0.0936. The average molecular weight is 233 g/mol. The van der Waals surface area contributed by atoms with Crippen molar-refractivity contribution in [3.8, 4) is 0 Å². The van der Waals surface area contributed by atoms with Crippen molar-refractivity contribution in [1.29, 1.82) is 0 Å². The Kier molecular flexibility index (Phi) is 3.54. The van der Waals surface area contributed by atoms with E-state index in [4.69, 9.17) is 4.74 Å². The van der Waals surface area contributed by atoms with E-state index in [-0.39, 0.29) is 17.9 Å². The molecule has 1 fully saturated rings. The summed E-state index contributed by atoms with van der Waals surface area (Å²) in [6, 6.07) is 6.80. The number of nitrogens with one attached hydrogen (secondary N) is 1. The third-order valence-corrected chi connectivity index (χ3v) is 2.88. The quantitative estimate of drug-likeness (QED) is 0.811. The first-order valence-electron chi connectivity index (χ1n) is 5.67. The summed E-state index contributed by atoms with van der Waals surface area (Å²) in [7, 11) is 0. The third-order valence-electron chi connectivity index (χ3n) is 2.88. The lowest BCUT2D eigenvalue weighted by molar-refractivity contribution is -0.119. The van der Waals surface area contributed by atoms with Crippen molar-refractivity contribution in [2.75, 3.05) is 11.9 Å². The van der Waals surface area contributed by atoms with Gasteiger partial charge < -0.3 is 10.1 Å². The Bertz CT molecular complexity index is 413.